The van der Waals surface area contributed by atoms with Crippen molar-refractivity contribution in [1.82, 2.24) is 0 Å². The number of carbonyl (C=O) groups is 1. The molecule has 0 amide bonds. The van der Waals surface area contributed by atoms with Crippen molar-refractivity contribution in [3.05, 3.63) is 11.3 Å². The van der Waals surface area contributed by atoms with Gasteiger partial charge in [0, 0.05) is 18.4 Å². The lowest BCUT2D eigenvalue weighted by Crippen LogP contribution is -2.08. The molecule has 92 valence electrons. The van der Waals surface area contributed by atoms with Crippen LogP contribution in [0.2, 0.25) is 0 Å². The summed E-state index contributed by atoms with van der Waals surface area (Å²) in [6.45, 7) is 4.37. The van der Waals surface area contributed by atoms with E-state index in [0.29, 0.717) is 18.1 Å². The average Bonchev–Trinajstić information content (AvgIpc) is 2.65. The Bertz CT molecular complexity index is 266. The number of unbranched alkanes of at least 4 members (excludes halogenated alkanes) is 3. The van der Waals surface area contributed by atoms with Gasteiger partial charge in [-0.1, -0.05) is 39.5 Å². The highest BCUT2D eigenvalue weighted by Crippen LogP contribution is 2.31. The van der Waals surface area contributed by atoms with Crippen molar-refractivity contribution < 1.29 is 9.53 Å². The van der Waals surface area contributed by atoms with E-state index < -0.39 is 0 Å². The number of carbonyl (C=O) groups excluding carboxylic acids is 1. The van der Waals surface area contributed by atoms with Crippen molar-refractivity contribution in [1.29, 1.82) is 0 Å². The average molecular weight is 224 g/mol. The third-order valence-corrected chi connectivity index (χ3v) is 3.41. The van der Waals surface area contributed by atoms with Crippen LogP contribution in [0.15, 0.2) is 11.3 Å². The molecular weight excluding hydrogens is 200 g/mol. The second kappa shape index (κ2) is 6.72. The van der Waals surface area contributed by atoms with Crippen LogP contribution in [0.3, 0.4) is 0 Å². The van der Waals surface area contributed by atoms with Crippen molar-refractivity contribution in [2.75, 3.05) is 7.11 Å². The molecular formula is C14H24O2. The van der Waals surface area contributed by atoms with E-state index in [1.807, 2.05) is 0 Å². The minimum atomic E-state index is 0.305. The van der Waals surface area contributed by atoms with Crippen LogP contribution in [0.4, 0.5) is 0 Å². The number of allylic oxidation sites excluding steroid dienone is 2. The molecule has 1 rings (SSSR count). The summed E-state index contributed by atoms with van der Waals surface area (Å²) in [6, 6.07) is 0. The fourth-order valence-electron chi connectivity index (χ4n) is 2.44. The molecule has 0 saturated carbocycles. The molecule has 16 heavy (non-hydrogen) atoms. The molecule has 0 aliphatic heterocycles. The van der Waals surface area contributed by atoms with Gasteiger partial charge in [0.25, 0.3) is 0 Å². The first-order valence-electron chi connectivity index (χ1n) is 6.50. The summed E-state index contributed by atoms with van der Waals surface area (Å²) in [4.78, 5) is 11.7. The van der Waals surface area contributed by atoms with Gasteiger partial charge < -0.3 is 4.74 Å². The zero-order valence-corrected chi connectivity index (χ0v) is 10.8. The SMILES string of the molecule is CCCCCCC(C)C1=C(OC)CCC1=O. The van der Waals surface area contributed by atoms with Gasteiger partial charge >= 0.3 is 0 Å². The van der Waals surface area contributed by atoms with Crippen molar-refractivity contribution in [3.8, 4) is 0 Å². The van der Waals surface area contributed by atoms with E-state index in [1.165, 1.54) is 25.7 Å². The number of hydrogen-bond acceptors (Lipinski definition) is 2. The Balaban J connectivity index is 2.45. The fraction of sp³-hybridized carbons (Fsp3) is 0.786. The van der Waals surface area contributed by atoms with E-state index in [1.54, 1.807) is 7.11 Å². The van der Waals surface area contributed by atoms with Crippen LogP contribution in [-0.2, 0) is 9.53 Å². The van der Waals surface area contributed by atoms with E-state index in [-0.39, 0.29) is 0 Å². The maximum Gasteiger partial charge on any atom is 0.162 e. The van der Waals surface area contributed by atoms with Crippen LogP contribution in [0.25, 0.3) is 0 Å². The Morgan fingerprint density at radius 3 is 2.62 bits per heavy atom. The zero-order chi connectivity index (χ0) is 12.0. The number of rotatable bonds is 7. The molecule has 0 fully saturated rings. The number of ether oxygens (including phenoxy) is 1. The van der Waals surface area contributed by atoms with Crippen LogP contribution in [0.1, 0.15) is 58.8 Å². The molecule has 0 radical (unpaired) electrons. The van der Waals surface area contributed by atoms with Gasteiger partial charge in [-0.25, -0.2) is 0 Å². The van der Waals surface area contributed by atoms with Gasteiger partial charge in [0.05, 0.1) is 7.11 Å². The quantitative estimate of drug-likeness (QED) is 0.614. The van der Waals surface area contributed by atoms with Gasteiger partial charge in [-0.2, -0.15) is 0 Å². The molecule has 0 bridgehead atoms. The third-order valence-electron chi connectivity index (χ3n) is 3.41. The predicted octanol–water partition coefficient (Wildman–Crippen LogP) is 3.86. The summed E-state index contributed by atoms with van der Waals surface area (Å²) in [5, 5.41) is 0. The van der Waals surface area contributed by atoms with Gasteiger partial charge in [-0.05, 0) is 12.3 Å². The van der Waals surface area contributed by atoms with Crippen molar-refractivity contribution in [3.63, 3.8) is 0 Å². The first-order chi connectivity index (χ1) is 7.70. The molecule has 0 aromatic rings. The van der Waals surface area contributed by atoms with E-state index >= 15 is 0 Å². The molecule has 0 aromatic heterocycles. The van der Waals surface area contributed by atoms with Crippen molar-refractivity contribution >= 4 is 5.78 Å². The molecule has 0 heterocycles. The number of hydrogen-bond donors (Lipinski definition) is 0. The lowest BCUT2D eigenvalue weighted by atomic mass is 9.93. The number of Topliss-reactive ketones (excluding diaryl/α,β-unsaturated/α-hetero) is 1. The highest BCUT2D eigenvalue weighted by atomic mass is 16.5. The molecule has 0 N–H and O–H groups in total. The van der Waals surface area contributed by atoms with Gasteiger partial charge in [-0.3, -0.25) is 4.79 Å². The van der Waals surface area contributed by atoms with E-state index in [0.717, 1.165) is 24.2 Å². The van der Waals surface area contributed by atoms with E-state index in [2.05, 4.69) is 13.8 Å². The molecule has 1 aliphatic rings. The Labute approximate surface area is 99.1 Å². The monoisotopic (exact) mass is 224 g/mol. The van der Waals surface area contributed by atoms with Crippen LogP contribution in [-0.4, -0.2) is 12.9 Å². The summed E-state index contributed by atoms with van der Waals surface area (Å²) in [5.41, 5.74) is 0.971. The largest absolute Gasteiger partial charge is 0.501 e. The van der Waals surface area contributed by atoms with Gasteiger partial charge in [-0.15, -0.1) is 0 Å². The highest BCUT2D eigenvalue weighted by Gasteiger charge is 2.27. The zero-order valence-electron chi connectivity index (χ0n) is 10.8. The maximum atomic E-state index is 11.7. The Kier molecular flexibility index (Phi) is 5.58. The second-order valence-electron chi connectivity index (χ2n) is 4.71. The summed E-state index contributed by atoms with van der Waals surface area (Å²) in [6.07, 6.45) is 7.65. The molecule has 2 heteroatoms. The normalized spacial score (nSPS) is 18.1. The first kappa shape index (κ1) is 13.3. The summed E-state index contributed by atoms with van der Waals surface area (Å²) >= 11 is 0. The fourth-order valence-corrected chi connectivity index (χ4v) is 2.44. The standard InChI is InChI=1S/C14H24O2/c1-4-5-6-7-8-11(2)14-12(15)9-10-13(14)16-3/h11H,4-10H2,1-3H3. The molecule has 2 nitrogen and oxygen atoms in total. The summed E-state index contributed by atoms with van der Waals surface area (Å²) in [5.74, 6) is 1.62. The lowest BCUT2D eigenvalue weighted by molar-refractivity contribution is -0.115. The van der Waals surface area contributed by atoms with E-state index in [4.69, 9.17) is 4.74 Å². The molecule has 1 aliphatic carbocycles. The van der Waals surface area contributed by atoms with Crippen molar-refractivity contribution in [2.45, 2.75) is 58.8 Å². The Morgan fingerprint density at radius 2 is 2.00 bits per heavy atom. The maximum absolute atomic E-state index is 11.7. The smallest absolute Gasteiger partial charge is 0.162 e. The molecule has 1 atom stereocenters. The predicted molar refractivity (Wildman–Crippen MR) is 66.2 cm³/mol. The van der Waals surface area contributed by atoms with Crippen LogP contribution in [0.5, 0.6) is 0 Å². The number of methoxy groups -OCH3 is 1. The lowest BCUT2D eigenvalue weighted by Gasteiger charge is -2.13. The van der Waals surface area contributed by atoms with Gasteiger partial charge in [0.2, 0.25) is 0 Å². The van der Waals surface area contributed by atoms with E-state index in [9.17, 15) is 4.79 Å². The summed E-state index contributed by atoms with van der Waals surface area (Å²) < 4.78 is 5.30. The van der Waals surface area contributed by atoms with Crippen LogP contribution >= 0.6 is 0 Å². The number of ketones is 1. The van der Waals surface area contributed by atoms with Gasteiger partial charge in [0.1, 0.15) is 5.76 Å². The Hall–Kier alpha value is -0.790. The van der Waals surface area contributed by atoms with Crippen LogP contribution in [0, 0.1) is 5.92 Å². The topological polar surface area (TPSA) is 26.3 Å². The third kappa shape index (κ3) is 3.36. The molecule has 1 unspecified atom stereocenters. The summed E-state index contributed by atoms with van der Waals surface area (Å²) in [7, 11) is 1.68. The minimum absolute atomic E-state index is 0.305. The molecule has 0 saturated heterocycles. The molecule has 0 spiro atoms. The highest BCUT2D eigenvalue weighted by molar-refractivity contribution is 5.98. The second-order valence-corrected chi connectivity index (χ2v) is 4.71. The first-order valence-corrected chi connectivity index (χ1v) is 6.50. The minimum Gasteiger partial charge on any atom is -0.501 e. The molecule has 0 aromatic carbocycles. The van der Waals surface area contributed by atoms with Crippen LogP contribution < -0.4 is 0 Å². The Morgan fingerprint density at radius 1 is 1.25 bits per heavy atom. The van der Waals surface area contributed by atoms with Crippen molar-refractivity contribution in [2.24, 2.45) is 5.92 Å². The van der Waals surface area contributed by atoms with Gasteiger partial charge in [0.15, 0.2) is 5.78 Å².